The molecular formula is C14H14N2O5. The highest BCUT2D eigenvalue weighted by molar-refractivity contribution is 6.00. The van der Waals surface area contributed by atoms with Gasteiger partial charge in [-0.25, -0.2) is 4.79 Å². The van der Waals surface area contributed by atoms with Crippen LogP contribution < -0.4 is 11.1 Å². The van der Waals surface area contributed by atoms with Gasteiger partial charge in [0.05, 0.1) is 23.2 Å². The van der Waals surface area contributed by atoms with Crippen LogP contribution in [0, 0.1) is 5.92 Å². The van der Waals surface area contributed by atoms with Gasteiger partial charge in [0.2, 0.25) is 0 Å². The number of nitrogens with zero attached hydrogens (tertiary/aromatic N) is 1. The molecule has 0 aliphatic carbocycles. The molecule has 0 amide bonds. The van der Waals surface area contributed by atoms with E-state index in [2.05, 4.69) is 4.98 Å². The summed E-state index contributed by atoms with van der Waals surface area (Å²) in [7, 11) is 0. The number of H-pyrrole nitrogens is 1. The maximum absolute atomic E-state index is 12.1. The van der Waals surface area contributed by atoms with Gasteiger partial charge in [0.25, 0.3) is 0 Å². The highest BCUT2D eigenvalue weighted by Crippen LogP contribution is 2.19. The minimum absolute atomic E-state index is 0.000217. The Kier molecular flexibility index (Phi) is 3.34. The van der Waals surface area contributed by atoms with Crippen LogP contribution in [0.25, 0.3) is 11.0 Å². The Balaban J connectivity index is 2.28. The fourth-order valence-electron chi connectivity index (χ4n) is 2.67. The van der Waals surface area contributed by atoms with E-state index in [1.807, 2.05) is 0 Å². The summed E-state index contributed by atoms with van der Waals surface area (Å²) in [5.41, 5.74) is -0.883. The summed E-state index contributed by atoms with van der Waals surface area (Å²) in [6.45, 7) is 1.41. The molecule has 21 heavy (non-hydrogen) atoms. The number of rotatable bonds is 3. The van der Waals surface area contributed by atoms with E-state index >= 15 is 0 Å². The van der Waals surface area contributed by atoms with Gasteiger partial charge < -0.3 is 19.4 Å². The molecule has 7 nitrogen and oxygen atoms in total. The van der Waals surface area contributed by atoms with Gasteiger partial charge in [-0.1, -0.05) is 6.07 Å². The zero-order valence-corrected chi connectivity index (χ0v) is 11.2. The zero-order valence-electron chi connectivity index (χ0n) is 11.2. The van der Waals surface area contributed by atoms with Crippen molar-refractivity contribution in [2.24, 2.45) is 5.92 Å². The van der Waals surface area contributed by atoms with Crippen molar-refractivity contribution in [1.82, 2.24) is 9.55 Å². The highest BCUT2D eigenvalue weighted by Gasteiger charge is 2.21. The average molecular weight is 290 g/mol. The molecule has 1 aliphatic rings. The fourth-order valence-corrected chi connectivity index (χ4v) is 2.67. The van der Waals surface area contributed by atoms with Crippen molar-refractivity contribution in [2.75, 3.05) is 13.2 Å². The second-order valence-corrected chi connectivity index (χ2v) is 5.11. The number of aromatic carboxylic acids is 1. The first-order valence-corrected chi connectivity index (χ1v) is 6.65. The van der Waals surface area contributed by atoms with Crippen LogP contribution in [0.2, 0.25) is 0 Å². The number of ether oxygens (including phenoxy) is 1. The van der Waals surface area contributed by atoms with E-state index in [1.165, 1.54) is 16.7 Å². The number of carbonyl (C=O) groups is 1. The molecule has 0 spiro atoms. The number of benzene rings is 1. The Labute approximate surface area is 118 Å². The van der Waals surface area contributed by atoms with E-state index in [0.29, 0.717) is 18.7 Å². The molecule has 3 rings (SSSR count). The minimum Gasteiger partial charge on any atom is -0.478 e. The molecule has 0 saturated carbocycles. The third kappa shape index (κ3) is 2.36. The second kappa shape index (κ2) is 5.17. The third-order valence-corrected chi connectivity index (χ3v) is 3.69. The molecular weight excluding hydrogens is 276 g/mol. The van der Waals surface area contributed by atoms with Crippen LogP contribution in [-0.2, 0) is 11.3 Å². The number of nitrogens with one attached hydrogen (secondary N) is 1. The SMILES string of the molecule is O=C(O)c1cccc2[nH]c(=O)c(=O)n(CC3CCOC3)c12. The monoisotopic (exact) mass is 290 g/mol. The number of carboxylic acid groups (broad SMARTS) is 1. The summed E-state index contributed by atoms with van der Waals surface area (Å²) in [6.07, 6.45) is 0.788. The number of fused-ring (bicyclic) bond motifs is 1. The summed E-state index contributed by atoms with van der Waals surface area (Å²) >= 11 is 0. The summed E-state index contributed by atoms with van der Waals surface area (Å²) < 4.78 is 6.53. The highest BCUT2D eigenvalue weighted by atomic mass is 16.5. The van der Waals surface area contributed by atoms with Gasteiger partial charge in [-0.05, 0) is 18.6 Å². The molecule has 1 aliphatic heterocycles. The average Bonchev–Trinajstić information content (AvgIpc) is 2.96. The molecule has 0 bridgehead atoms. The normalized spacial score (nSPS) is 18.2. The van der Waals surface area contributed by atoms with E-state index in [0.717, 1.165) is 6.42 Å². The molecule has 1 atom stereocenters. The summed E-state index contributed by atoms with van der Waals surface area (Å²) in [6, 6.07) is 4.55. The van der Waals surface area contributed by atoms with Gasteiger partial charge >= 0.3 is 17.1 Å². The Bertz CT molecular complexity index is 814. The number of hydrogen-bond donors (Lipinski definition) is 2. The lowest BCUT2D eigenvalue weighted by atomic mass is 10.1. The number of aromatic nitrogens is 2. The molecule has 1 aromatic carbocycles. The molecule has 1 fully saturated rings. The van der Waals surface area contributed by atoms with Crippen molar-refractivity contribution < 1.29 is 14.6 Å². The maximum Gasteiger partial charge on any atom is 0.337 e. The smallest absolute Gasteiger partial charge is 0.337 e. The summed E-state index contributed by atoms with van der Waals surface area (Å²) in [4.78, 5) is 37.7. The third-order valence-electron chi connectivity index (χ3n) is 3.69. The Hall–Kier alpha value is -2.41. The molecule has 2 aromatic rings. The molecule has 2 N–H and O–H groups in total. The predicted molar refractivity (Wildman–Crippen MR) is 74.7 cm³/mol. The van der Waals surface area contributed by atoms with Crippen molar-refractivity contribution in [2.45, 2.75) is 13.0 Å². The van der Waals surface area contributed by atoms with Crippen LogP contribution in [-0.4, -0.2) is 33.8 Å². The largest absolute Gasteiger partial charge is 0.478 e. The first-order chi connectivity index (χ1) is 10.1. The summed E-state index contributed by atoms with van der Waals surface area (Å²) in [5.74, 6) is -1.03. The molecule has 1 aromatic heterocycles. The van der Waals surface area contributed by atoms with E-state index in [-0.39, 0.29) is 23.5 Å². The van der Waals surface area contributed by atoms with Gasteiger partial charge in [-0.15, -0.1) is 0 Å². The minimum atomic E-state index is -1.14. The standard InChI is InChI=1S/C14H14N2O5/c17-12-13(18)16(6-8-4-5-21-7-8)11-9(14(19)20)2-1-3-10(11)15-12/h1-3,8H,4-7H2,(H,15,17)(H,19,20). The van der Waals surface area contributed by atoms with Gasteiger partial charge in [0.1, 0.15) is 0 Å². The van der Waals surface area contributed by atoms with Crippen molar-refractivity contribution >= 4 is 17.0 Å². The number of para-hydroxylation sites is 1. The number of hydrogen-bond acceptors (Lipinski definition) is 4. The fraction of sp³-hybridized carbons (Fsp3) is 0.357. The van der Waals surface area contributed by atoms with E-state index < -0.39 is 17.1 Å². The Morgan fingerprint density at radius 3 is 2.90 bits per heavy atom. The quantitative estimate of drug-likeness (QED) is 0.798. The Morgan fingerprint density at radius 2 is 2.24 bits per heavy atom. The predicted octanol–water partition coefficient (Wildman–Crippen LogP) is 0.425. The van der Waals surface area contributed by atoms with Gasteiger partial charge in [0.15, 0.2) is 0 Å². The van der Waals surface area contributed by atoms with Crippen LogP contribution in [0.5, 0.6) is 0 Å². The summed E-state index contributed by atoms with van der Waals surface area (Å²) in [5, 5.41) is 9.30. The lowest BCUT2D eigenvalue weighted by molar-refractivity contribution is 0.0698. The van der Waals surface area contributed by atoms with Crippen molar-refractivity contribution in [3.63, 3.8) is 0 Å². The Morgan fingerprint density at radius 1 is 1.43 bits per heavy atom. The van der Waals surface area contributed by atoms with Crippen LogP contribution in [0.4, 0.5) is 0 Å². The first-order valence-electron chi connectivity index (χ1n) is 6.65. The first kappa shape index (κ1) is 13.6. The van der Waals surface area contributed by atoms with E-state index in [1.54, 1.807) is 6.07 Å². The second-order valence-electron chi connectivity index (χ2n) is 5.11. The van der Waals surface area contributed by atoms with Crippen LogP contribution in [0.3, 0.4) is 0 Å². The molecule has 1 unspecified atom stereocenters. The van der Waals surface area contributed by atoms with E-state index in [4.69, 9.17) is 4.74 Å². The lowest BCUT2D eigenvalue weighted by Gasteiger charge is -2.14. The van der Waals surface area contributed by atoms with Crippen molar-refractivity contribution in [1.29, 1.82) is 0 Å². The van der Waals surface area contributed by atoms with Crippen molar-refractivity contribution in [3.05, 3.63) is 44.5 Å². The van der Waals surface area contributed by atoms with Gasteiger partial charge in [-0.3, -0.25) is 9.59 Å². The topological polar surface area (TPSA) is 101 Å². The van der Waals surface area contributed by atoms with Crippen LogP contribution >= 0.6 is 0 Å². The maximum atomic E-state index is 12.1. The lowest BCUT2D eigenvalue weighted by Crippen LogP contribution is -2.38. The van der Waals surface area contributed by atoms with Gasteiger partial charge in [-0.2, -0.15) is 0 Å². The molecule has 2 heterocycles. The number of aromatic amines is 1. The zero-order chi connectivity index (χ0) is 15.0. The molecule has 110 valence electrons. The molecule has 0 radical (unpaired) electrons. The van der Waals surface area contributed by atoms with Gasteiger partial charge in [0, 0.05) is 19.1 Å². The van der Waals surface area contributed by atoms with Crippen LogP contribution in [0.1, 0.15) is 16.8 Å². The number of carboxylic acids is 1. The van der Waals surface area contributed by atoms with E-state index in [9.17, 15) is 19.5 Å². The van der Waals surface area contributed by atoms with Crippen molar-refractivity contribution in [3.8, 4) is 0 Å². The molecule has 1 saturated heterocycles. The molecule has 7 heteroatoms. The van der Waals surface area contributed by atoms with Crippen LogP contribution in [0.15, 0.2) is 27.8 Å².